The number of hydrogen-bond donors (Lipinski definition) is 2. The third-order valence-electron chi connectivity index (χ3n) is 5.00. The highest BCUT2D eigenvalue weighted by molar-refractivity contribution is 5.68. The first-order valence-corrected chi connectivity index (χ1v) is 7.74. The summed E-state index contributed by atoms with van der Waals surface area (Å²) in [6.45, 7) is 1.49. The standard InChI is InChI=1S/C15H23N3O4/c1-21-15-3-2-11(22-10-14(19)20)8-12(15)18(7-4-15)9-13-16-5-6-17-13/h5-6,11-12H,2-4,7-10H2,1H3,(H,16,17)(H,19,20)/t11-,12-,15+/m0/s1. The number of nitrogens with zero attached hydrogens (tertiary/aromatic N) is 2. The fourth-order valence-corrected chi connectivity index (χ4v) is 3.86. The van der Waals surface area contributed by atoms with Crippen LogP contribution in [0.4, 0.5) is 0 Å². The number of nitrogens with one attached hydrogen (secondary N) is 1. The third kappa shape index (κ3) is 3.02. The van der Waals surface area contributed by atoms with E-state index < -0.39 is 5.97 Å². The molecule has 3 atom stereocenters. The molecule has 2 N–H and O–H groups in total. The molecule has 122 valence electrons. The van der Waals surface area contributed by atoms with E-state index in [1.165, 1.54) is 0 Å². The number of aromatic amines is 1. The molecule has 1 saturated heterocycles. The van der Waals surface area contributed by atoms with Gasteiger partial charge in [0.2, 0.25) is 0 Å². The minimum atomic E-state index is -0.914. The number of likely N-dealkylation sites (tertiary alicyclic amines) is 1. The van der Waals surface area contributed by atoms with Gasteiger partial charge in [0.1, 0.15) is 12.4 Å². The van der Waals surface area contributed by atoms with Crippen molar-refractivity contribution in [3.8, 4) is 0 Å². The number of carboxylic acids is 1. The molecule has 2 heterocycles. The highest BCUT2D eigenvalue weighted by atomic mass is 16.5. The van der Waals surface area contributed by atoms with E-state index in [4.69, 9.17) is 14.6 Å². The first-order chi connectivity index (χ1) is 10.6. The Hall–Kier alpha value is -1.44. The van der Waals surface area contributed by atoms with Crippen LogP contribution < -0.4 is 0 Å². The maximum atomic E-state index is 10.7. The minimum Gasteiger partial charge on any atom is -0.480 e. The van der Waals surface area contributed by atoms with Gasteiger partial charge in [0.05, 0.1) is 18.2 Å². The van der Waals surface area contributed by atoms with Crippen molar-refractivity contribution in [2.75, 3.05) is 20.3 Å². The predicted octanol–water partition coefficient (Wildman–Crippen LogP) is 1.02. The summed E-state index contributed by atoms with van der Waals surface area (Å²) in [5.74, 6) is 0.0305. The van der Waals surface area contributed by atoms with E-state index in [1.807, 2.05) is 6.20 Å². The lowest BCUT2D eigenvalue weighted by Crippen LogP contribution is -2.51. The molecule has 0 unspecified atom stereocenters. The van der Waals surface area contributed by atoms with Crippen molar-refractivity contribution in [1.29, 1.82) is 0 Å². The molecular formula is C15H23N3O4. The average molecular weight is 309 g/mol. The number of fused-ring (bicyclic) bond motifs is 1. The Labute approximate surface area is 129 Å². The third-order valence-corrected chi connectivity index (χ3v) is 5.00. The van der Waals surface area contributed by atoms with Gasteiger partial charge in [-0.05, 0) is 25.7 Å². The first-order valence-electron chi connectivity index (χ1n) is 7.74. The largest absolute Gasteiger partial charge is 0.480 e. The molecule has 1 aromatic heterocycles. The number of H-pyrrole nitrogens is 1. The van der Waals surface area contributed by atoms with Crippen LogP contribution in [0.25, 0.3) is 0 Å². The summed E-state index contributed by atoms with van der Waals surface area (Å²) in [6.07, 6.45) is 7.15. The number of aliphatic carboxylic acids is 1. The molecule has 0 bridgehead atoms. The first kappa shape index (κ1) is 15.5. The van der Waals surface area contributed by atoms with Crippen LogP contribution >= 0.6 is 0 Å². The van der Waals surface area contributed by atoms with Crippen molar-refractivity contribution < 1.29 is 19.4 Å². The van der Waals surface area contributed by atoms with E-state index in [1.54, 1.807) is 13.3 Å². The summed E-state index contributed by atoms with van der Waals surface area (Å²) in [5.41, 5.74) is -0.129. The smallest absolute Gasteiger partial charge is 0.329 e. The van der Waals surface area contributed by atoms with Crippen LogP contribution in [0.5, 0.6) is 0 Å². The fraction of sp³-hybridized carbons (Fsp3) is 0.733. The zero-order valence-corrected chi connectivity index (χ0v) is 12.8. The van der Waals surface area contributed by atoms with Gasteiger partial charge in [0.25, 0.3) is 0 Å². The summed E-state index contributed by atoms with van der Waals surface area (Å²) in [7, 11) is 1.78. The second kappa shape index (κ2) is 6.36. The quantitative estimate of drug-likeness (QED) is 0.816. The number of hydrogen-bond acceptors (Lipinski definition) is 5. The van der Waals surface area contributed by atoms with Crippen molar-refractivity contribution >= 4 is 5.97 Å². The van der Waals surface area contributed by atoms with Crippen molar-refractivity contribution in [3.05, 3.63) is 18.2 Å². The van der Waals surface area contributed by atoms with Crippen molar-refractivity contribution in [2.45, 2.75) is 50.0 Å². The van der Waals surface area contributed by atoms with Crippen molar-refractivity contribution in [1.82, 2.24) is 14.9 Å². The zero-order valence-electron chi connectivity index (χ0n) is 12.8. The van der Waals surface area contributed by atoms with Crippen LogP contribution in [-0.2, 0) is 20.8 Å². The lowest BCUT2D eigenvalue weighted by molar-refractivity contribution is -0.148. The van der Waals surface area contributed by atoms with E-state index in [9.17, 15) is 4.79 Å². The maximum Gasteiger partial charge on any atom is 0.329 e. The van der Waals surface area contributed by atoms with Gasteiger partial charge in [-0.2, -0.15) is 0 Å². The SMILES string of the molecule is CO[C@@]12CC[C@H](OCC(=O)O)C[C@@H]1N(Cc1ncc[nH]1)CC2. The number of carboxylic acid groups (broad SMARTS) is 1. The minimum absolute atomic E-state index is 0.0124. The van der Waals surface area contributed by atoms with Gasteiger partial charge in [-0.1, -0.05) is 0 Å². The van der Waals surface area contributed by atoms with Crippen LogP contribution in [0.3, 0.4) is 0 Å². The second-order valence-electron chi connectivity index (χ2n) is 6.14. The molecule has 0 aromatic carbocycles. The molecule has 1 saturated carbocycles. The number of carbonyl (C=O) groups is 1. The molecule has 0 radical (unpaired) electrons. The number of methoxy groups -OCH3 is 1. The second-order valence-corrected chi connectivity index (χ2v) is 6.14. The van der Waals surface area contributed by atoms with E-state index in [0.29, 0.717) is 0 Å². The maximum absolute atomic E-state index is 10.7. The van der Waals surface area contributed by atoms with Gasteiger partial charge >= 0.3 is 5.97 Å². The molecule has 0 spiro atoms. The monoisotopic (exact) mass is 309 g/mol. The molecule has 7 heteroatoms. The van der Waals surface area contributed by atoms with E-state index >= 15 is 0 Å². The number of rotatable bonds is 6. The van der Waals surface area contributed by atoms with Gasteiger partial charge in [0.15, 0.2) is 0 Å². The van der Waals surface area contributed by atoms with Crippen LogP contribution in [0.15, 0.2) is 12.4 Å². The molecule has 1 aromatic rings. The van der Waals surface area contributed by atoms with Gasteiger partial charge in [-0.15, -0.1) is 0 Å². The molecule has 1 aliphatic heterocycles. The summed E-state index contributed by atoms with van der Waals surface area (Å²) in [6, 6.07) is 0.246. The molecule has 22 heavy (non-hydrogen) atoms. The lowest BCUT2D eigenvalue weighted by atomic mass is 9.79. The summed E-state index contributed by atoms with van der Waals surface area (Å²) < 4.78 is 11.4. The molecule has 3 rings (SSSR count). The number of imidazole rings is 1. The molecular weight excluding hydrogens is 286 g/mol. The Morgan fingerprint density at radius 2 is 2.45 bits per heavy atom. The Kier molecular flexibility index (Phi) is 4.46. The zero-order chi connectivity index (χ0) is 15.6. The highest BCUT2D eigenvalue weighted by Gasteiger charge is 2.51. The van der Waals surface area contributed by atoms with Crippen LogP contribution in [0, 0.1) is 0 Å². The van der Waals surface area contributed by atoms with Gasteiger partial charge in [0, 0.05) is 32.1 Å². The van der Waals surface area contributed by atoms with E-state index in [2.05, 4.69) is 14.9 Å². The molecule has 0 amide bonds. The van der Waals surface area contributed by atoms with Crippen molar-refractivity contribution in [2.24, 2.45) is 0 Å². The molecule has 7 nitrogen and oxygen atoms in total. The topological polar surface area (TPSA) is 87.7 Å². The Balaban J connectivity index is 1.68. The van der Waals surface area contributed by atoms with E-state index in [-0.39, 0.29) is 24.4 Å². The van der Waals surface area contributed by atoms with Crippen LogP contribution in [-0.4, -0.2) is 64.0 Å². The number of aromatic nitrogens is 2. The normalized spacial score (nSPS) is 32.0. The molecule has 2 fully saturated rings. The summed E-state index contributed by atoms with van der Waals surface area (Å²) in [4.78, 5) is 20.5. The molecule has 2 aliphatic rings. The predicted molar refractivity (Wildman–Crippen MR) is 78.4 cm³/mol. The lowest BCUT2D eigenvalue weighted by Gasteiger charge is -2.43. The average Bonchev–Trinajstić information content (AvgIpc) is 3.14. The fourth-order valence-electron chi connectivity index (χ4n) is 3.86. The summed E-state index contributed by atoms with van der Waals surface area (Å²) >= 11 is 0. The highest BCUT2D eigenvalue weighted by Crippen LogP contribution is 2.43. The van der Waals surface area contributed by atoms with Gasteiger partial charge in [-0.3, -0.25) is 4.90 Å². The van der Waals surface area contributed by atoms with Crippen LogP contribution in [0.2, 0.25) is 0 Å². The Morgan fingerprint density at radius 3 is 3.14 bits per heavy atom. The van der Waals surface area contributed by atoms with Crippen molar-refractivity contribution in [3.63, 3.8) is 0 Å². The summed E-state index contributed by atoms with van der Waals surface area (Å²) in [5, 5.41) is 8.78. The Bertz CT molecular complexity index is 507. The van der Waals surface area contributed by atoms with E-state index in [0.717, 1.165) is 44.6 Å². The van der Waals surface area contributed by atoms with Crippen LogP contribution in [0.1, 0.15) is 31.5 Å². The number of ether oxygens (including phenoxy) is 2. The molecule has 1 aliphatic carbocycles. The Morgan fingerprint density at radius 1 is 1.59 bits per heavy atom. The van der Waals surface area contributed by atoms with Gasteiger partial charge in [-0.25, -0.2) is 9.78 Å². The van der Waals surface area contributed by atoms with Gasteiger partial charge < -0.3 is 19.6 Å².